The number of carboxylic acid groups (broad SMARTS) is 1. The fourth-order valence-corrected chi connectivity index (χ4v) is 2.21. The van der Waals surface area contributed by atoms with Gasteiger partial charge >= 0.3 is 12.1 Å². The summed E-state index contributed by atoms with van der Waals surface area (Å²) in [4.78, 5) is 28.2. The molecule has 1 aliphatic heterocycles. The number of hydrogen-bond acceptors (Lipinski definition) is 5. The lowest BCUT2D eigenvalue weighted by Crippen LogP contribution is -2.43. The molecule has 1 saturated heterocycles. The van der Waals surface area contributed by atoms with Gasteiger partial charge in [0.25, 0.3) is 5.82 Å². The van der Waals surface area contributed by atoms with Gasteiger partial charge in [0.2, 0.25) is 0 Å². The molecule has 21 heavy (non-hydrogen) atoms. The standard InChI is InChI=1S/C13H20N4O4/c1-13(2,3)21-12(20)16-6-4-5-9(7-16)17-8-14-10(15-17)11(18)19/h8-9H,4-7H2,1-3H3,(H,18,19)/t9-/m0/s1. The topological polar surface area (TPSA) is 97.6 Å². The summed E-state index contributed by atoms with van der Waals surface area (Å²) >= 11 is 0. The summed E-state index contributed by atoms with van der Waals surface area (Å²) in [6, 6.07) is -0.0770. The third-order valence-corrected chi connectivity index (χ3v) is 3.12. The molecule has 8 nitrogen and oxygen atoms in total. The highest BCUT2D eigenvalue weighted by atomic mass is 16.6. The Labute approximate surface area is 122 Å². The highest BCUT2D eigenvalue weighted by Crippen LogP contribution is 2.22. The molecule has 1 atom stereocenters. The summed E-state index contributed by atoms with van der Waals surface area (Å²) in [7, 11) is 0. The van der Waals surface area contributed by atoms with E-state index >= 15 is 0 Å². The minimum atomic E-state index is -1.16. The fourth-order valence-electron chi connectivity index (χ4n) is 2.21. The minimum Gasteiger partial charge on any atom is -0.475 e. The van der Waals surface area contributed by atoms with E-state index in [1.54, 1.807) is 4.90 Å². The van der Waals surface area contributed by atoms with Crippen molar-refractivity contribution < 1.29 is 19.4 Å². The average Bonchev–Trinajstić information content (AvgIpc) is 2.86. The van der Waals surface area contributed by atoms with Crippen LogP contribution in [0.4, 0.5) is 4.79 Å². The number of ether oxygens (including phenoxy) is 1. The Morgan fingerprint density at radius 1 is 1.43 bits per heavy atom. The van der Waals surface area contributed by atoms with Gasteiger partial charge in [0.1, 0.15) is 11.9 Å². The van der Waals surface area contributed by atoms with E-state index in [-0.39, 0.29) is 18.0 Å². The number of nitrogens with zero attached hydrogens (tertiary/aromatic N) is 4. The molecule has 1 aliphatic rings. The Morgan fingerprint density at radius 2 is 2.14 bits per heavy atom. The summed E-state index contributed by atoms with van der Waals surface area (Å²) in [6.07, 6.45) is 2.67. The Bertz CT molecular complexity index is 535. The molecule has 1 aromatic heterocycles. The van der Waals surface area contributed by atoms with Crippen molar-refractivity contribution >= 4 is 12.1 Å². The van der Waals surface area contributed by atoms with E-state index in [2.05, 4.69) is 10.1 Å². The van der Waals surface area contributed by atoms with Crippen molar-refractivity contribution in [2.75, 3.05) is 13.1 Å². The van der Waals surface area contributed by atoms with Gasteiger partial charge in [-0.15, -0.1) is 5.10 Å². The van der Waals surface area contributed by atoms with Crippen molar-refractivity contribution in [2.45, 2.75) is 45.3 Å². The number of piperidine rings is 1. The third kappa shape index (κ3) is 3.93. The van der Waals surface area contributed by atoms with Crippen LogP contribution >= 0.6 is 0 Å². The highest BCUT2D eigenvalue weighted by molar-refractivity contribution is 5.82. The van der Waals surface area contributed by atoms with E-state index in [9.17, 15) is 9.59 Å². The van der Waals surface area contributed by atoms with Crippen LogP contribution in [0.5, 0.6) is 0 Å². The second kappa shape index (κ2) is 5.71. The quantitative estimate of drug-likeness (QED) is 0.889. The molecule has 8 heteroatoms. The molecule has 2 rings (SSSR count). The summed E-state index contributed by atoms with van der Waals surface area (Å²) < 4.78 is 6.87. The van der Waals surface area contributed by atoms with Gasteiger partial charge in [-0.3, -0.25) is 0 Å². The lowest BCUT2D eigenvalue weighted by atomic mass is 10.1. The molecule has 1 N–H and O–H groups in total. The monoisotopic (exact) mass is 296 g/mol. The zero-order valence-electron chi connectivity index (χ0n) is 12.4. The Hall–Kier alpha value is -2.12. The number of carbonyl (C=O) groups is 2. The van der Waals surface area contributed by atoms with Gasteiger partial charge in [-0.1, -0.05) is 0 Å². The molecule has 2 heterocycles. The maximum absolute atomic E-state index is 12.1. The van der Waals surface area contributed by atoms with Crippen molar-refractivity contribution in [3.8, 4) is 0 Å². The van der Waals surface area contributed by atoms with Crippen molar-refractivity contribution in [1.29, 1.82) is 0 Å². The summed E-state index contributed by atoms with van der Waals surface area (Å²) in [6.45, 7) is 6.54. The molecule has 1 fully saturated rings. The second-order valence-corrected chi connectivity index (χ2v) is 6.08. The molecular weight excluding hydrogens is 276 g/mol. The number of rotatable bonds is 2. The zero-order valence-corrected chi connectivity index (χ0v) is 12.4. The predicted molar refractivity (Wildman–Crippen MR) is 73.1 cm³/mol. The van der Waals surface area contributed by atoms with Crippen LogP contribution in [-0.4, -0.2) is 55.5 Å². The van der Waals surface area contributed by atoms with E-state index in [0.717, 1.165) is 12.8 Å². The van der Waals surface area contributed by atoms with E-state index in [1.807, 2.05) is 20.8 Å². The Morgan fingerprint density at radius 3 is 2.71 bits per heavy atom. The third-order valence-electron chi connectivity index (χ3n) is 3.12. The molecule has 0 unspecified atom stereocenters. The SMILES string of the molecule is CC(C)(C)OC(=O)N1CCC[C@H](n2cnc(C(=O)O)n2)C1. The van der Waals surface area contributed by atoms with Crippen LogP contribution in [0, 0.1) is 0 Å². The van der Waals surface area contributed by atoms with E-state index < -0.39 is 11.6 Å². The second-order valence-electron chi connectivity index (χ2n) is 6.08. The lowest BCUT2D eigenvalue weighted by Gasteiger charge is -2.33. The average molecular weight is 296 g/mol. The summed E-state index contributed by atoms with van der Waals surface area (Å²) in [5.41, 5.74) is -0.534. The van der Waals surface area contributed by atoms with Crippen LogP contribution in [-0.2, 0) is 4.74 Å². The molecule has 0 spiro atoms. The van der Waals surface area contributed by atoms with Crippen LogP contribution in [0.25, 0.3) is 0 Å². The van der Waals surface area contributed by atoms with Crippen LogP contribution in [0.3, 0.4) is 0 Å². The summed E-state index contributed by atoms with van der Waals surface area (Å²) in [5.74, 6) is -1.39. The number of likely N-dealkylation sites (tertiary alicyclic amines) is 1. The first-order valence-electron chi connectivity index (χ1n) is 6.88. The number of carbonyl (C=O) groups excluding carboxylic acids is 1. The molecule has 0 saturated carbocycles. The first-order valence-corrected chi connectivity index (χ1v) is 6.88. The normalized spacial score (nSPS) is 19.4. The van der Waals surface area contributed by atoms with Crippen molar-refractivity contribution in [3.63, 3.8) is 0 Å². The first-order chi connectivity index (χ1) is 9.76. The van der Waals surface area contributed by atoms with Gasteiger partial charge in [-0.2, -0.15) is 0 Å². The van der Waals surface area contributed by atoms with Gasteiger partial charge in [-0.05, 0) is 33.6 Å². The van der Waals surface area contributed by atoms with Gasteiger partial charge in [-0.25, -0.2) is 19.3 Å². The largest absolute Gasteiger partial charge is 0.475 e. The van der Waals surface area contributed by atoms with Crippen molar-refractivity contribution in [3.05, 3.63) is 12.2 Å². The number of amides is 1. The molecule has 0 radical (unpaired) electrons. The molecule has 0 bridgehead atoms. The highest BCUT2D eigenvalue weighted by Gasteiger charge is 2.29. The molecule has 1 amide bonds. The number of aromatic nitrogens is 3. The molecule has 0 aromatic carbocycles. The van der Waals surface area contributed by atoms with Crippen LogP contribution < -0.4 is 0 Å². The van der Waals surface area contributed by atoms with Gasteiger partial charge in [0.05, 0.1) is 6.04 Å². The van der Waals surface area contributed by atoms with Crippen molar-refractivity contribution in [2.24, 2.45) is 0 Å². The molecule has 1 aromatic rings. The lowest BCUT2D eigenvalue weighted by molar-refractivity contribution is 0.0166. The predicted octanol–water partition coefficient (Wildman–Crippen LogP) is 1.55. The zero-order chi connectivity index (χ0) is 15.6. The Kier molecular flexibility index (Phi) is 4.15. The number of carboxylic acids is 1. The minimum absolute atomic E-state index is 0.0770. The van der Waals surface area contributed by atoms with Crippen LogP contribution in [0.2, 0.25) is 0 Å². The Balaban J connectivity index is 2.03. The van der Waals surface area contributed by atoms with Crippen LogP contribution in [0.15, 0.2) is 6.33 Å². The van der Waals surface area contributed by atoms with Gasteiger partial charge in [0, 0.05) is 13.1 Å². The van der Waals surface area contributed by atoms with Crippen molar-refractivity contribution in [1.82, 2.24) is 19.7 Å². The maximum atomic E-state index is 12.1. The summed E-state index contributed by atoms with van der Waals surface area (Å²) in [5, 5.41) is 12.8. The first kappa shape index (κ1) is 15.3. The van der Waals surface area contributed by atoms with E-state index in [0.29, 0.717) is 13.1 Å². The van der Waals surface area contributed by atoms with Gasteiger partial charge in [0.15, 0.2) is 0 Å². The molecule has 0 aliphatic carbocycles. The van der Waals surface area contributed by atoms with E-state index in [1.165, 1.54) is 11.0 Å². The molecular formula is C13H20N4O4. The van der Waals surface area contributed by atoms with Gasteiger partial charge < -0.3 is 14.7 Å². The number of hydrogen-bond donors (Lipinski definition) is 1. The smallest absolute Gasteiger partial charge is 0.410 e. The van der Waals surface area contributed by atoms with Crippen LogP contribution in [0.1, 0.15) is 50.3 Å². The molecule has 116 valence electrons. The number of aromatic carboxylic acids is 1. The maximum Gasteiger partial charge on any atom is 0.410 e. The fraction of sp³-hybridized carbons (Fsp3) is 0.692. The van der Waals surface area contributed by atoms with E-state index in [4.69, 9.17) is 9.84 Å².